The smallest absolute Gasteiger partial charge is 0.237 e. The second-order valence-electron chi connectivity index (χ2n) is 4.70. The van der Waals surface area contributed by atoms with Crippen LogP contribution in [0, 0.1) is 0 Å². The maximum absolute atomic E-state index is 11.8. The van der Waals surface area contributed by atoms with Gasteiger partial charge in [0.1, 0.15) is 5.75 Å². The third-order valence-corrected chi connectivity index (χ3v) is 3.61. The molecule has 1 fully saturated rings. The first kappa shape index (κ1) is 14.4. The van der Waals surface area contributed by atoms with E-state index in [0.717, 1.165) is 32.1 Å². The molecule has 1 aliphatic rings. The van der Waals surface area contributed by atoms with Crippen LogP contribution in [0.25, 0.3) is 0 Å². The lowest BCUT2D eigenvalue weighted by Gasteiger charge is -2.33. The number of rotatable bonds is 5. The molecule has 0 aliphatic carbocycles. The lowest BCUT2D eigenvalue weighted by molar-refractivity contribution is -0.129. The summed E-state index contributed by atoms with van der Waals surface area (Å²) in [4.78, 5) is 13.4. The molecule has 1 unspecified atom stereocenters. The van der Waals surface area contributed by atoms with Crippen LogP contribution < -0.4 is 5.32 Å². The highest BCUT2D eigenvalue weighted by molar-refractivity contribution is 7.91. The number of nitrogens with zero attached hydrogens (tertiary/aromatic N) is 1. The summed E-state index contributed by atoms with van der Waals surface area (Å²) in [6, 6.07) is 0.312. The molecule has 17 heavy (non-hydrogen) atoms. The van der Waals surface area contributed by atoms with Crippen LogP contribution in [0.5, 0.6) is 0 Å². The Morgan fingerprint density at radius 3 is 2.76 bits per heavy atom. The standard InChI is InChI=1S/C11H22N2O3S/c1-3-6-12-10-5-4-7-13(8-10)11(14)9-17(2,15)16/h10,12H,3-9H2,1-2H3. The average Bonchev–Trinajstić information content (AvgIpc) is 2.24. The first-order chi connectivity index (χ1) is 7.92. The van der Waals surface area contributed by atoms with Crippen molar-refractivity contribution >= 4 is 15.7 Å². The van der Waals surface area contributed by atoms with Crippen molar-refractivity contribution in [1.82, 2.24) is 10.2 Å². The van der Waals surface area contributed by atoms with Gasteiger partial charge in [0.25, 0.3) is 0 Å². The maximum atomic E-state index is 11.8. The summed E-state index contributed by atoms with van der Waals surface area (Å²) in [5.41, 5.74) is 0. The number of sulfone groups is 1. The second kappa shape index (κ2) is 6.35. The molecular formula is C11H22N2O3S. The Kier molecular flexibility index (Phi) is 5.39. The number of carbonyl (C=O) groups is 1. The molecule has 1 N–H and O–H groups in total. The highest BCUT2D eigenvalue weighted by atomic mass is 32.2. The molecule has 1 atom stereocenters. The van der Waals surface area contributed by atoms with Crippen molar-refractivity contribution in [3.05, 3.63) is 0 Å². The molecule has 0 aromatic heterocycles. The van der Waals surface area contributed by atoms with E-state index < -0.39 is 9.84 Å². The van der Waals surface area contributed by atoms with Crippen LogP contribution in [0.3, 0.4) is 0 Å². The largest absolute Gasteiger partial charge is 0.340 e. The minimum atomic E-state index is -3.22. The first-order valence-electron chi connectivity index (χ1n) is 6.11. The lowest BCUT2D eigenvalue weighted by Crippen LogP contribution is -2.49. The predicted octanol–water partition coefficient (Wildman–Crippen LogP) is 0.0216. The fourth-order valence-corrected chi connectivity index (χ4v) is 2.67. The van der Waals surface area contributed by atoms with E-state index in [9.17, 15) is 13.2 Å². The van der Waals surface area contributed by atoms with Crippen molar-refractivity contribution in [3.63, 3.8) is 0 Å². The Bertz CT molecular complexity index is 354. The highest BCUT2D eigenvalue weighted by Gasteiger charge is 2.24. The topological polar surface area (TPSA) is 66.5 Å². The van der Waals surface area contributed by atoms with E-state index in [0.29, 0.717) is 19.1 Å². The fourth-order valence-electron chi connectivity index (χ4n) is 2.03. The molecule has 1 rings (SSSR count). The summed E-state index contributed by atoms with van der Waals surface area (Å²) in [5, 5.41) is 3.38. The summed E-state index contributed by atoms with van der Waals surface area (Å²) in [6.45, 7) is 4.36. The number of nitrogens with one attached hydrogen (secondary N) is 1. The van der Waals surface area contributed by atoms with Crippen LogP contribution >= 0.6 is 0 Å². The third kappa shape index (κ3) is 5.50. The van der Waals surface area contributed by atoms with E-state index in [-0.39, 0.29) is 11.7 Å². The van der Waals surface area contributed by atoms with Crippen molar-refractivity contribution in [1.29, 1.82) is 0 Å². The van der Waals surface area contributed by atoms with Gasteiger partial charge >= 0.3 is 0 Å². The molecule has 0 aromatic rings. The molecule has 0 aromatic carbocycles. The summed E-state index contributed by atoms with van der Waals surface area (Å²) in [5.74, 6) is -0.636. The van der Waals surface area contributed by atoms with Crippen LogP contribution in [-0.2, 0) is 14.6 Å². The number of hydrogen-bond donors (Lipinski definition) is 1. The van der Waals surface area contributed by atoms with Crippen LogP contribution in [0.4, 0.5) is 0 Å². The first-order valence-corrected chi connectivity index (χ1v) is 8.17. The quantitative estimate of drug-likeness (QED) is 0.758. The predicted molar refractivity (Wildman–Crippen MR) is 67.6 cm³/mol. The summed E-state index contributed by atoms with van der Waals surface area (Å²) >= 11 is 0. The minimum Gasteiger partial charge on any atom is -0.340 e. The molecule has 6 heteroatoms. The monoisotopic (exact) mass is 262 g/mol. The highest BCUT2D eigenvalue weighted by Crippen LogP contribution is 2.10. The van der Waals surface area contributed by atoms with Crippen LogP contribution in [0.2, 0.25) is 0 Å². The summed E-state index contributed by atoms with van der Waals surface area (Å²) in [6.07, 6.45) is 4.16. The Morgan fingerprint density at radius 1 is 1.47 bits per heavy atom. The van der Waals surface area contributed by atoms with E-state index in [1.54, 1.807) is 4.90 Å². The molecule has 1 saturated heterocycles. The molecule has 1 heterocycles. The van der Waals surface area contributed by atoms with Crippen LogP contribution in [0.1, 0.15) is 26.2 Å². The van der Waals surface area contributed by atoms with Gasteiger partial charge in [0.05, 0.1) is 0 Å². The van der Waals surface area contributed by atoms with Gasteiger partial charge < -0.3 is 10.2 Å². The van der Waals surface area contributed by atoms with E-state index in [4.69, 9.17) is 0 Å². The number of hydrogen-bond acceptors (Lipinski definition) is 4. The van der Waals surface area contributed by atoms with Gasteiger partial charge in [0, 0.05) is 25.4 Å². The Morgan fingerprint density at radius 2 is 2.18 bits per heavy atom. The normalized spacial score (nSPS) is 21.5. The Labute approximate surface area is 103 Å². The van der Waals surface area contributed by atoms with E-state index in [2.05, 4.69) is 12.2 Å². The second-order valence-corrected chi connectivity index (χ2v) is 6.84. The summed E-state index contributed by atoms with van der Waals surface area (Å²) in [7, 11) is -3.22. The van der Waals surface area contributed by atoms with Crippen molar-refractivity contribution < 1.29 is 13.2 Å². The molecule has 1 aliphatic heterocycles. The maximum Gasteiger partial charge on any atom is 0.237 e. The van der Waals surface area contributed by atoms with Crippen molar-refractivity contribution in [2.75, 3.05) is 31.6 Å². The summed E-state index contributed by atoms with van der Waals surface area (Å²) < 4.78 is 22.1. The van der Waals surface area contributed by atoms with Crippen molar-refractivity contribution in [3.8, 4) is 0 Å². The molecule has 0 bridgehead atoms. The average molecular weight is 262 g/mol. The number of amides is 1. The fraction of sp³-hybridized carbons (Fsp3) is 0.909. The molecule has 5 nitrogen and oxygen atoms in total. The van der Waals surface area contributed by atoms with E-state index >= 15 is 0 Å². The van der Waals surface area contributed by atoms with Gasteiger partial charge in [-0.1, -0.05) is 6.92 Å². The van der Waals surface area contributed by atoms with Crippen LogP contribution in [-0.4, -0.2) is 56.9 Å². The molecule has 100 valence electrons. The molecule has 0 spiro atoms. The zero-order valence-electron chi connectivity index (χ0n) is 10.6. The van der Waals surface area contributed by atoms with Gasteiger partial charge in [-0.15, -0.1) is 0 Å². The molecule has 0 saturated carbocycles. The van der Waals surface area contributed by atoms with Gasteiger partial charge in [-0.2, -0.15) is 0 Å². The van der Waals surface area contributed by atoms with E-state index in [1.165, 1.54) is 0 Å². The minimum absolute atomic E-state index is 0.268. The Hall–Kier alpha value is -0.620. The van der Waals surface area contributed by atoms with Crippen molar-refractivity contribution in [2.24, 2.45) is 0 Å². The molecule has 0 radical (unpaired) electrons. The van der Waals surface area contributed by atoms with E-state index in [1.807, 2.05) is 0 Å². The number of carbonyl (C=O) groups excluding carboxylic acids is 1. The van der Waals surface area contributed by atoms with Gasteiger partial charge in [-0.25, -0.2) is 8.42 Å². The molecule has 1 amide bonds. The number of likely N-dealkylation sites (tertiary alicyclic amines) is 1. The lowest BCUT2D eigenvalue weighted by atomic mass is 10.1. The van der Waals surface area contributed by atoms with Gasteiger partial charge in [-0.3, -0.25) is 4.79 Å². The third-order valence-electron chi connectivity index (χ3n) is 2.84. The van der Waals surface area contributed by atoms with Gasteiger partial charge in [0.2, 0.25) is 5.91 Å². The van der Waals surface area contributed by atoms with Gasteiger partial charge in [-0.05, 0) is 25.8 Å². The zero-order chi connectivity index (χ0) is 12.9. The zero-order valence-corrected chi connectivity index (χ0v) is 11.4. The van der Waals surface area contributed by atoms with Crippen LogP contribution in [0.15, 0.2) is 0 Å². The SMILES string of the molecule is CCCNC1CCCN(C(=O)CS(C)(=O)=O)C1. The van der Waals surface area contributed by atoms with Gasteiger partial charge in [0.15, 0.2) is 9.84 Å². The van der Waals surface area contributed by atoms with Crippen molar-refractivity contribution in [2.45, 2.75) is 32.2 Å². The Balaban J connectivity index is 2.46. The molecular weight excluding hydrogens is 240 g/mol. The number of piperidine rings is 1.